The van der Waals surface area contributed by atoms with E-state index in [0.29, 0.717) is 5.56 Å². The largest absolute Gasteiger partial charge is 0.291 e. The number of carbonyl (C=O) groups is 1. The molecule has 0 bridgehead atoms. The molecule has 0 amide bonds. The summed E-state index contributed by atoms with van der Waals surface area (Å²) < 4.78 is 22.5. The second-order valence-corrected chi connectivity index (χ2v) is 9.83. The molecule has 1 atom stereocenters. The molecule has 0 aliphatic carbocycles. The molecule has 0 spiro atoms. The first-order valence-electron chi connectivity index (χ1n) is 6.91. The van der Waals surface area contributed by atoms with Gasteiger partial charge in [0.15, 0.2) is 19.3 Å². The highest BCUT2D eigenvalue weighted by Crippen LogP contribution is 2.31. The number of benzene rings is 2. The maximum Gasteiger partial charge on any atom is 0.194 e. The quantitative estimate of drug-likeness (QED) is 0.579. The van der Waals surface area contributed by atoms with E-state index in [1.165, 1.54) is 13.8 Å². The molecule has 0 N–H and O–H groups in total. The summed E-state index contributed by atoms with van der Waals surface area (Å²) in [6.45, 7) is 2.92. The third kappa shape index (κ3) is 3.15. The maximum atomic E-state index is 12.5. The Balaban J connectivity index is 2.33. The molecule has 0 saturated carbocycles. The van der Waals surface area contributed by atoms with Crippen LogP contribution in [0.4, 0.5) is 0 Å². The van der Waals surface area contributed by atoms with E-state index >= 15 is 0 Å². The number of sulfone groups is 1. The summed E-state index contributed by atoms with van der Waals surface area (Å²) in [6.07, 6.45) is 0. The predicted octanol–water partition coefficient (Wildman–Crippen LogP) is 4.08. The highest BCUT2D eigenvalue weighted by molar-refractivity contribution is 9.12. The third-order valence-corrected chi connectivity index (χ3v) is 7.58. The highest BCUT2D eigenvalue weighted by atomic mass is 79.9. The van der Waals surface area contributed by atoms with Gasteiger partial charge in [0.1, 0.15) is 0 Å². The standard InChI is InChI=1S/C17H17BrO3S/c1-3-22(20,21)17(2,18)16(19)15-11-9-14(10-12-15)13-7-5-4-6-8-13/h4-12H,3H2,1-2H3/t17-/m0/s1. The van der Waals surface area contributed by atoms with Gasteiger partial charge in [0.25, 0.3) is 0 Å². The molecular weight excluding hydrogens is 364 g/mol. The number of alkyl halides is 1. The van der Waals surface area contributed by atoms with E-state index in [1.54, 1.807) is 12.1 Å². The number of carbonyl (C=O) groups excluding carboxylic acids is 1. The van der Waals surface area contributed by atoms with E-state index in [9.17, 15) is 13.2 Å². The van der Waals surface area contributed by atoms with Crippen LogP contribution in [-0.4, -0.2) is 23.6 Å². The van der Waals surface area contributed by atoms with Crippen LogP contribution in [0.25, 0.3) is 11.1 Å². The first-order chi connectivity index (χ1) is 10.3. The summed E-state index contributed by atoms with van der Waals surface area (Å²) in [4.78, 5) is 12.5. The SMILES string of the molecule is CCS(=O)(=O)[C@](C)(Br)C(=O)c1ccc(-c2ccccc2)cc1. The second kappa shape index (κ2) is 6.34. The van der Waals surface area contributed by atoms with Gasteiger partial charge in [0.2, 0.25) is 0 Å². The average molecular weight is 381 g/mol. The van der Waals surface area contributed by atoms with Gasteiger partial charge in [0.05, 0.1) is 0 Å². The van der Waals surface area contributed by atoms with Crippen molar-refractivity contribution in [2.45, 2.75) is 17.5 Å². The summed E-state index contributed by atoms with van der Waals surface area (Å²) in [5, 5.41) is 0. The Morgan fingerprint density at radius 2 is 1.50 bits per heavy atom. The first kappa shape index (κ1) is 16.9. The molecular formula is C17H17BrO3S. The fraction of sp³-hybridized carbons (Fsp3) is 0.235. The van der Waals surface area contributed by atoms with Crippen LogP contribution in [-0.2, 0) is 9.84 Å². The highest BCUT2D eigenvalue weighted by Gasteiger charge is 2.42. The molecule has 0 fully saturated rings. The van der Waals surface area contributed by atoms with E-state index < -0.39 is 19.3 Å². The number of halogens is 1. The van der Waals surface area contributed by atoms with E-state index in [1.807, 2.05) is 42.5 Å². The molecule has 3 nitrogen and oxygen atoms in total. The zero-order valence-electron chi connectivity index (χ0n) is 12.4. The van der Waals surface area contributed by atoms with Gasteiger partial charge in [-0.3, -0.25) is 4.79 Å². The van der Waals surface area contributed by atoms with Crippen LogP contribution < -0.4 is 0 Å². The van der Waals surface area contributed by atoms with E-state index in [4.69, 9.17) is 0 Å². The summed E-state index contributed by atoms with van der Waals surface area (Å²) in [6, 6.07) is 16.8. The smallest absolute Gasteiger partial charge is 0.194 e. The molecule has 0 saturated heterocycles. The molecule has 0 radical (unpaired) electrons. The minimum absolute atomic E-state index is 0.0947. The molecule has 116 valence electrons. The summed E-state index contributed by atoms with van der Waals surface area (Å²) >= 11 is 3.09. The van der Waals surface area contributed by atoms with Gasteiger partial charge in [-0.15, -0.1) is 0 Å². The normalized spacial score (nSPS) is 14.3. The van der Waals surface area contributed by atoms with Gasteiger partial charge in [-0.2, -0.15) is 0 Å². The minimum atomic E-state index is -3.54. The van der Waals surface area contributed by atoms with Crippen molar-refractivity contribution in [1.29, 1.82) is 0 Å². The number of ketones is 1. The molecule has 2 rings (SSSR count). The molecule has 0 heterocycles. The Morgan fingerprint density at radius 1 is 1.00 bits per heavy atom. The molecule has 5 heteroatoms. The zero-order chi connectivity index (χ0) is 16.4. The van der Waals surface area contributed by atoms with Gasteiger partial charge in [-0.1, -0.05) is 77.5 Å². The topological polar surface area (TPSA) is 51.2 Å². The zero-order valence-corrected chi connectivity index (χ0v) is 14.8. The third-order valence-electron chi connectivity index (χ3n) is 3.62. The van der Waals surface area contributed by atoms with Crippen LogP contribution in [0.15, 0.2) is 54.6 Å². The molecule has 22 heavy (non-hydrogen) atoms. The van der Waals surface area contributed by atoms with Crippen LogP contribution in [0.2, 0.25) is 0 Å². The second-order valence-electron chi connectivity index (χ2n) is 5.09. The van der Waals surface area contributed by atoms with Crippen molar-refractivity contribution in [3.8, 4) is 11.1 Å². The molecule has 2 aromatic rings. The Bertz CT molecular complexity index is 763. The fourth-order valence-corrected chi connectivity index (χ4v) is 3.97. The van der Waals surface area contributed by atoms with Crippen LogP contribution in [0.1, 0.15) is 24.2 Å². The van der Waals surface area contributed by atoms with Crippen molar-refractivity contribution in [2.75, 3.05) is 5.75 Å². The van der Waals surface area contributed by atoms with Crippen LogP contribution in [0.5, 0.6) is 0 Å². The average Bonchev–Trinajstić information content (AvgIpc) is 2.55. The lowest BCUT2D eigenvalue weighted by atomic mass is 10.0. The predicted molar refractivity (Wildman–Crippen MR) is 93.0 cm³/mol. The first-order valence-corrected chi connectivity index (χ1v) is 9.35. The molecule has 0 unspecified atom stereocenters. The summed E-state index contributed by atoms with van der Waals surface area (Å²) in [5.41, 5.74) is 2.40. The van der Waals surface area contributed by atoms with Gasteiger partial charge < -0.3 is 0 Å². The van der Waals surface area contributed by atoms with Crippen molar-refractivity contribution < 1.29 is 13.2 Å². The minimum Gasteiger partial charge on any atom is -0.291 e. The fourth-order valence-electron chi connectivity index (χ4n) is 2.11. The number of hydrogen-bond acceptors (Lipinski definition) is 3. The van der Waals surface area contributed by atoms with Crippen molar-refractivity contribution in [2.24, 2.45) is 0 Å². The number of hydrogen-bond donors (Lipinski definition) is 0. The van der Waals surface area contributed by atoms with Crippen LogP contribution in [0.3, 0.4) is 0 Å². The van der Waals surface area contributed by atoms with Gasteiger partial charge >= 0.3 is 0 Å². The maximum absolute atomic E-state index is 12.5. The molecule has 0 aliphatic heterocycles. The Hall–Kier alpha value is -1.46. The molecule has 0 aliphatic rings. The summed E-state index contributed by atoms with van der Waals surface area (Å²) in [7, 11) is -3.54. The van der Waals surface area contributed by atoms with E-state index in [2.05, 4.69) is 15.9 Å². The van der Waals surface area contributed by atoms with Crippen molar-refractivity contribution in [3.63, 3.8) is 0 Å². The van der Waals surface area contributed by atoms with Gasteiger partial charge in [-0.05, 0) is 18.1 Å². The van der Waals surface area contributed by atoms with Crippen molar-refractivity contribution >= 4 is 31.6 Å². The Labute approximate surface area is 139 Å². The van der Waals surface area contributed by atoms with E-state index in [-0.39, 0.29) is 5.75 Å². The van der Waals surface area contributed by atoms with Crippen molar-refractivity contribution in [1.82, 2.24) is 0 Å². The summed E-state index contributed by atoms with van der Waals surface area (Å²) in [5.74, 6) is -0.545. The van der Waals surface area contributed by atoms with Gasteiger partial charge in [-0.25, -0.2) is 8.42 Å². The lowest BCUT2D eigenvalue weighted by Crippen LogP contribution is -2.38. The lowest BCUT2D eigenvalue weighted by molar-refractivity contribution is 0.0983. The van der Waals surface area contributed by atoms with Crippen molar-refractivity contribution in [3.05, 3.63) is 60.2 Å². The molecule has 2 aromatic carbocycles. The Morgan fingerprint density at radius 3 is 2.00 bits per heavy atom. The van der Waals surface area contributed by atoms with Gasteiger partial charge in [0, 0.05) is 11.3 Å². The Kier molecular flexibility index (Phi) is 4.87. The monoisotopic (exact) mass is 380 g/mol. The van der Waals surface area contributed by atoms with E-state index in [0.717, 1.165) is 11.1 Å². The van der Waals surface area contributed by atoms with Crippen LogP contribution in [0, 0.1) is 0 Å². The number of Topliss-reactive ketones (excluding diaryl/α,β-unsaturated/α-hetero) is 1. The molecule has 0 aromatic heterocycles. The van der Waals surface area contributed by atoms with Crippen LogP contribution >= 0.6 is 15.9 Å². The number of rotatable bonds is 5. The lowest BCUT2D eigenvalue weighted by Gasteiger charge is -2.20.